The molecule has 3 aromatic carbocycles. The van der Waals surface area contributed by atoms with Crippen LogP contribution < -0.4 is 0 Å². The SMILES string of the molecule is C=C1C(CCCCc2c(C)cccc2C)=C(CC)N=C(C)N1C(c1ccccc1)c1ccccc1. The Morgan fingerprint density at radius 1 is 0.743 bits per heavy atom. The van der Waals surface area contributed by atoms with Gasteiger partial charge in [-0.2, -0.15) is 0 Å². The number of allylic oxidation sites excluding steroid dienone is 2. The van der Waals surface area contributed by atoms with E-state index in [4.69, 9.17) is 4.99 Å². The van der Waals surface area contributed by atoms with Crippen LogP contribution >= 0.6 is 0 Å². The molecule has 0 saturated carbocycles. The van der Waals surface area contributed by atoms with Gasteiger partial charge in [-0.05, 0) is 86.3 Å². The fourth-order valence-corrected chi connectivity index (χ4v) is 5.36. The Kier molecular flexibility index (Phi) is 8.02. The van der Waals surface area contributed by atoms with Gasteiger partial charge in [0.2, 0.25) is 0 Å². The molecule has 3 aromatic rings. The average molecular weight is 463 g/mol. The molecule has 180 valence electrons. The molecule has 0 N–H and O–H groups in total. The van der Waals surface area contributed by atoms with Gasteiger partial charge in [0.15, 0.2) is 0 Å². The summed E-state index contributed by atoms with van der Waals surface area (Å²) in [5, 5.41) is 0. The van der Waals surface area contributed by atoms with Crippen molar-refractivity contribution in [2.24, 2.45) is 4.99 Å². The van der Waals surface area contributed by atoms with E-state index in [2.05, 4.69) is 118 Å². The van der Waals surface area contributed by atoms with Gasteiger partial charge >= 0.3 is 0 Å². The lowest BCUT2D eigenvalue weighted by Gasteiger charge is -2.39. The van der Waals surface area contributed by atoms with Crippen LogP contribution in [0.3, 0.4) is 0 Å². The Balaban J connectivity index is 1.58. The molecule has 1 aliphatic rings. The summed E-state index contributed by atoms with van der Waals surface area (Å²) in [5.74, 6) is 1.02. The first kappa shape index (κ1) is 24.7. The maximum Gasteiger partial charge on any atom is 0.107 e. The molecule has 0 aromatic heterocycles. The summed E-state index contributed by atoms with van der Waals surface area (Å²) in [6, 6.07) is 28.1. The molecule has 35 heavy (non-hydrogen) atoms. The Hall–Kier alpha value is -3.39. The molecule has 0 aliphatic carbocycles. The smallest absolute Gasteiger partial charge is 0.107 e. The van der Waals surface area contributed by atoms with Gasteiger partial charge in [0.05, 0.1) is 6.04 Å². The zero-order valence-corrected chi connectivity index (χ0v) is 21.7. The van der Waals surface area contributed by atoms with Gasteiger partial charge in [-0.1, -0.05) is 92.4 Å². The lowest BCUT2D eigenvalue weighted by Crippen LogP contribution is -2.36. The van der Waals surface area contributed by atoms with E-state index in [0.29, 0.717) is 0 Å². The molecule has 0 unspecified atom stereocenters. The van der Waals surface area contributed by atoms with Gasteiger partial charge in [0, 0.05) is 11.4 Å². The lowest BCUT2D eigenvalue weighted by molar-refractivity contribution is 0.428. The summed E-state index contributed by atoms with van der Waals surface area (Å²) in [7, 11) is 0. The Morgan fingerprint density at radius 2 is 1.29 bits per heavy atom. The quantitative estimate of drug-likeness (QED) is 0.290. The highest BCUT2D eigenvalue weighted by atomic mass is 15.2. The number of nitrogens with zero attached hydrogens (tertiary/aromatic N) is 2. The van der Waals surface area contributed by atoms with Crippen molar-refractivity contribution in [2.75, 3.05) is 0 Å². The van der Waals surface area contributed by atoms with Gasteiger partial charge in [0.25, 0.3) is 0 Å². The zero-order chi connectivity index (χ0) is 24.8. The molecule has 0 bridgehead atoms. The molecule has 2 heteroatoms. The Morgan fingerprint density at radius 3 is 1.83 bits per heavy atom. The van der Waals surface area contributed by atoms with Crippen LogP contribution in [0.1, 0.15) is 73.4 Å². The van der Waals surface area contributed by atoms with Gasteiger partial charge in [-0.25, -0.2) is 4.99 Å². The second-order valence-electron chi connectivity index (χ2n) is 9.56. The van der Waals surface area contributed by atoms with Crippen LogP contribution in [0.15, 0.2) is 107 Å². The second-order valence-corrected chi connectivity index (χ2v) is 9.56. The van der Waals surface area contributed by atoms with E-state index in [1.165, 1.54) is 45.5 Å². The molecule has 0 fully saturated rings. The summed E-state index contributed by atoms with van der Waals surface area (Å²) >= 11 is 0. The van der Waals surface area contributed by atoms with Crippen LogP contribution in [0.25, 0.3) is 0 Å². The van der Waals surface area contributed by atoms with E-state index in [1.54, 1.807) is 0 Å². The van der Waals surface area contributed by atoms with Crippen LogP contribution in [-0.4, -0.2) is 10.7 Å². The van der Waals surface area contributed by atoms with Gasteiger partial charge < -0.3 is 4.90 Å². The van der Waals surface area contributed by atoms with Crippen LogP contribution in [-0.2, 0) is 6.42 Å². The zero-order valence-electron chi connectivity index (χ0n) is 21.7. The molecule has 0 atom stereocenters. The second kappa shape index (κ2) is 11.4. The Labute approximate surface area is 211 Å². The predicted octanol–water partition coefficient (Wildman–Crippen LogP) is 8.72. The third-order valence-electron chi connectivity index (χ3n) is 7.20. The number of hydrogen-bond acceptors (Lipinski definition) is 2. The number of hydrogen-bond donors (Lipinski definition) is 0. The first-order chi connectivity index (χ1) is 17.0. The first-order valence-corrected chi connectivity index (χ1v) is 12.9. The minimum Gasteiger partial charge on any atom is -0.319 e. The number of benzene rings is 3. The molecule has 2 nitrogen and oxygen atoms in total. The van der Waals surface area contributed by atoms with Crippen LogP contribution in [0.2, 0.25) is 0 Å². The molecule has 4 rings (SSSR count). The number of rotatable bonds is 9. The highest BCUT2D eigenvalue weighted by Crippen LogP contribution is 2.39. The fourth-order valence-electron chi connectivity index (χ4n) is 5.36. The van der Waals surface area contributed by atoms with Gasteiger partial charge in [-0.15, -0.1) is 0 Å². The summed E-state index contributed by atoms with van der Waals surface area (Å²) in [6.07, 6.45) is 5.37. The van der Waals surface area contributed by atoms with E-state index >= 15 is 0 Å². The summed E-state index contributed by atoms with van der Waals surface area (Å²) < 4.78 is 0. The van der Waals surface area contributed by atoms with Gasteiger partial charge in [-0.3, -0.25) is 0 Å². The normalized spacial score (nSPS) is 14.0. The monoisotopic (exact) mass is 462 g/mol. The number of aryl methyl sites for hydroxylation is 2. The minimum atomic E-state index is 0.0525. The largest absolute Gasteiger partial charge is 0.319 e. The van der Waals surface area contributed by atoms with Crippen LogP contribution in [0.4, 0.5) is 0 Å². The van der Waals surface area contributed by atoms with Crippen molar-refractivity contribution in [1.29, 1.82) is 0 Å². The first-order valence-electron chi connectivity index (χ1n) is 12.9. The van der Waals surface area contributed by atoms with E-state index in [9.17, 15) is 0 Å². The predicted molar refractivity (Wildman–Crippen MR) is 150 cm³/mol. The van der Waals surface area contributed by atoms with E-state index in [1.807, 2.05) is 0 Å². The highest BCUT2D eigenvalue weighted by molar-refractivity contribution is 5.86. The topological polar surface area (TPSA) is 15.6 Å². The fraction of sp³-hybridized carbons (Fsp3) is 0.303. The van der Waals surface area contributed by atoms with E-state index < -0.39 is 0 Å². The van der Waals surface area contributed by atoms with Crippen molar-refractivity contribution in [2.45, 2.75) is 65.8 Å². The third-order valence-corrected chi connectivity index (χ3v) is 7.20. The van der Waals surface area contributed by atoms with Crippen LogP contribution in [0, 0.1) is 13.8 Å². The standard InChI is InChI=1S/C33H38N2/c1-6-32-31(23-14-13-22-30-24(2)16-15-17-25(30)3)26(4)35(27(5)34-32)33(28-18-9-7-10-19-28)29-20-11-8-12-21-29/h7-12,15-21,33H,4,6,13-14,22-23H2,1-3,5H3. The maximum atomic E-state index is 5.11. The summed E-state index contributed by atoms with van der Waals surface area (Å²) in [5.41, 5.74) is 10.4. The van der Waals surface area contributed by atoms with Crippen molar-refractivity contribution in [3.63, 3.8) is 0 Å². The summed E-state index contributed by atoms with van der Waals surface area (Å²) in [4.78, 5) is 7.46. The highest BCUT2D eigenvalue weighted by Gasteiger charge is 2.30. The van der Waals surface area contributed by atoms with Crippen molar-refractivity contribution in [1.82, 2.24) is 4.90 Å². The van der Waals surface area contributed by atoms with Crippen molar-refractivity contribution in [3.8, 4) is 0 Å². The minimum absolute atomic E-state index is 0.0525. The van der Waals surface area contributed by atoms with E-state index in [0.717, 1.165) is 37.2 Å². The molecule has 0 spiro atoms. The van der Waals surface area contributed by atoms with Gasteiger partial charge in [0.1, 0.15) is 5.84 Å². The Bertz CT molecular complexity index is 1160. The molecule has 0 amide bonds. The third kappa shape index (κ3) is 5.48. The maximum absolute atomic E-state index is 5.11. The van der Waals surface area contributed by atoms with E-state index in [-0.39, 0.29) is 6.04 Å². The summed E-state index contributed by atoms with van der Waals surface area (Å²) in [6.45, 7) is 13.4. The molecule has 1 heterocycles. The molecular weight excluding hydrogens is 424 g/mol. The molecule has 0 radical (unpaired) electrons. The number of unbranched alkanes of at least 4 members (excludes halogenated alkanes) is 1. The molecule has 0 saturated heterocycles. The average Bonchev–Trinajstić information content (AvgIpc) is 2.87. The van der Waals surface area contributed by atoms with Crippen molar-refractivity contribution < 1.29 is 0 Å². The van der Waals surface area contributed by atoms with Crippen molar-refractivity contribution in [3.05, 3.63) is 130 Å². The van der Waals surface area contributed by atoms with Crippen molar-refractivity contribution >= 4 is 5.84 Å². The number of amidine groups is 1. The van der Waals surface area contributed by atoms with Crippen LogP contribution in [0.5, 0.6) is 0 Å². The molecular formula is C33H38N2. The lowest BCUT2D eigenvalue weighted by atomic mass is 9.92. The molecule has 1 aliphatic heterocycles. The number of aliphatic imine (C=N–C) groups is 1.